The lowest BCUT2D eigenvalue weighted by molar-refractivity contribution is -0.118. The molecular formula is C51H47Cl3N10O10S4. The van der Waals surface area contributed by atoms with Crippen molar-refractivity contribution in [3.05, 3.63) is 144 Å². The zero-order chi connectivity index (χ0) is 55.6. The predicted octanol–water partition coefficient (Wildman–Crippen LogP) is 8.44. The van der Waals surface area contributed by atoms with E-state index in [0.29, 0.717) is 50.1 Å². The fourth-order valence-electron chi connectivity index (χ4n) is 8.90. The summed E-state index contributed by atoms with van der Waals surface area (Å²) in [7, 11) is -6.33. The summed E-state index contributed by atoms with van der Waals surface area (Å²) >= 11 is 19.2. The molecule has 0 aliphatic carbocycles. The molecular weight excluding hydrogens is 1150 g/mol. The molecule has 0 saturated carbocycles. The summed E-state index contributed by atoms with van der Waals surface area (Å²) in [6.45, 7) is 7.18. The number of benzene rings is 4. The van der Waals surface area contributed by atoms with E-state index in [4.69, 9.17) is 34.8 Å². The second kappa shape index (κ2) is 23.2. The zero-order valence-electron chi connectivity index (χ0n) is 41.4. The number of amides is 8. The van der Waals surface area contributed by atoms with Gasteiger partial charge in [-0.2, -0.15) is 0 Å². The molecule has 8 amide bonds. The Bertz CT molecular complexity index is 3620. The first kappa shape index (κ1) is 55.8. The number of fused-ring (bicyclic) bond motifs is 2. The van der Waals surface area contributed by atoms with Crippen LogP contribution in [-0.4, -0.2) is 114 Å². The summed E-state index contributed by atoms with van der Waals surface area (Å²) in [5.74, 6) is -0.795. The summed E-state index contributed by atoms with van der Waals surface area (Å²) in [4.78, 5) is 88.7. The highest BCUT2D eigenvalue weighted by atomic mass is 35.5. The minimum Gasteiger partial charge on any atom is -0.384 e. The van der Waals surface area contributed by atoms with E-state index in [-0.39, 0.29) is 53.8 Å². The molecule has 10 rings (SSSR count). The number of hydrogen-bond acceptors (Lipinski definition) is 16. The van der Waals surface area contributed by atoms with Crippen molar-refractivity contribution in [2.75, 3.05) is 72.1 Å². The van der Waals surface area contributed by atoms with Gasteiger partial charge >= 0.3 is 12.1 Å². The molecule has 0 unspecified atom stereocenters. The van der Waals surface area contributed by atoms with Crippen molar-refractivity contribution in [3.8, 4) is 0 Å². The van der Waals surface area contributed by atoms with Crippen LogP contribution in [0.4, 0.5) is 38.0 Å². The monoisotopic (exact) mass is 1190 g/mol. The SMILES string of the molecule is Cc1sc(S(=O)(=O)NC(=O)Nc2ccc(N3C(=O)Cc4cc(C5=NCCN5C)ccc4C3=O)cc2)cc1Cl.O=C(Nc1ccc(N2C(=O)Cc3cc(NCCN4CCCC4)ccc3C2=O)cc1)NS(=O)(=O)c1cc(Cl)c(Cl)s1. The van der Waals surface area contributed by atoms with Gasteiger partial charge in [0.2, 0.25) is 11.8 Å². The lowest BCUT2D eigenvalue weighted by atomic mass is 9.95. The molecule has 0 radical (unpaired) electrons. The molecule has 0 atom stereocenters. The van der Waals surface area contributed by atoms with Gasteiger partial charge in [-0.15, -0.1) is 22.7 Å². The quantitative estimate of drug-likeness (QED) is 0.0681. The Labute approximate surface area is 471 Å². The van der Waals surface area contributed by atoms with Crippen LogP contribution in [-0.2, 0) is 42.5 Å². The molecule has 1 saturated heterocycles. The van der Waals surface area contributed by atoms with Gasteiger partial charge in [0.05, 0.1) is 40.8 Å². The van der Waals surface area contributed by atoms with Gasteiger partial charge in [0.15, 0.2) is 0 Å². The molecule has 5 N–H and O–H groups in total. The Kier molecular flexibility index (Phi) is 16.6. The maximum absolute atomic E-state index is 13.2. The summed E-state index contributed by atoms with van der Waals surface area (Å²) in [5, 5.41) is 8.58. The number of aliphatic imine (C=N–C) groups is 1. The van der Waals surface area contributed by atoms with Crippen LogP contribution in [0.1, 0.15) is 55.1 Å². The van der Waals surface area contributed by atoms with Crippen molar-refractivity contribution in [3.63, 3.8) is 0 Å². The first-order valence-electron chi connectivity index (χ1n) is 23.9. The standard InChI is InChI=1S/C26H25Cl2N5O5S2.C25H22ClN5O5S2/c27-21-15-23(39-24(21)28)40(37,38)31-26(36)30-17-3-6-19(7-4-17)33-22(34)14-16-13-18(5-8-20(16)25(33)35)29-9-12-32-10-1-2-11-32;1-14-20(26)13-22(37-14)38(35,36)29-25(34)28-17-4-6-18(7-5-17)31-21(32)12-16-11-15(3-8-19(16)24(31)33)23-27-9-10-30(23)2/h3-8,13,15,29H,1-2,9-12,14H2,(H2,30,31,36);3-8,11,13H,9-10,12H2,1-2H3,(H2,28,29,34). The number of likely N-dealkylation sites (N-methyl/N-ethyl adjacent to an activating group) is 1. The number of likely N-dealkylation sites (tertiary alicyclic amines) is 1. The van der Waals surface area contributed by atoms with Crippen LogP contribution in [0.2, 0.25) is 14.4 Å². The average molecular weight is 1190 g/mol. The van der Waals surface area contributed by atoms with Gasteiger partial charge in [0.1, 0.15) is 18.6 Å². The topological polar surface area (TPSA) is 256 Å². The van der Waals surface area contributed by atoms with Crippen LogP contribution in [0.25, 0.3) is 0 Å². The number of urea groups is 2. The van der Waals surface area contributed by atoms with Crippen LogP contribution in [0.5, 0.6) is 0 Å². The molecule has 2 aromatic heterocycles. The van der Waals surface area contributed by atoms with E-state index in [2.05, 4.69) is 25.8 Å². The van der Waals surface area contributed by atoms with Crippen LogP contribution >= 0.6 is 57.5 Å². The Morgan fingerprint density at radius 1 is 0.628 bits per heavy atom. The molecule has 6 aromatic rings. The number of carbonyl (C=O) groups is 6. The van der Waals surface area contributed by atoms with Gasteiger partial charge in [-0.05, 0) is 135 Å². The van der Waals surface area contributed by atoms with Crippen LogP contribution in [0.15, 0.2) is 110 Å². The van der Waals surface area contributed by atoms with Crippen molar-refractivity contribution >= 4 is 147 Å². The average Bonchev–Trinajstić information content (AvgIpc) is 4.22. The minimum absolute atomic E-state index is 0.0540. The van der Waals surface area contributed by atoms with Gasteiger partial charge in [-0.25, -0.2) is 45.7 Å². The Morgan fingerprint density at radius 2 is 1.13 bits per heavy atom. The first-order valence-corrected chi connectivity index (χ1v) is 29.7. The van der Waals surface area contributed by atoms with E-state index in [9.17, 15) is 45.6 Å². The minimum atomic E-state index is -4.18. The van der Waals surface area contributed by atoms with E-state index in [1.165, 1.54) is 67.4 Å². The third kappa shape index (κ3) is 12.5. The maximum Gasteiger partial charge on any atom is 0.333 e. The summed E-state index contributed by atoms with van der Waals surface area (Å²) in [6, 6.07) is 23.1. The summed E-state index contributed by atoms with van der Waals surface area (Å²) < 4.78 is 53.3. The molecule has 27 heteroatoms. The van der Waals surface area contributed by atoms with Gasteiger partial charge in [0.25, 0.3) is 31.9 Å². The molecule has 1 fully saturated rings. The molecule has 4 aliphatic heterocycles. The Balaban J connectivity index is 0.000000190. The van der Waals surface area contributed by atoms with Crippen molar-refractivity contribution < 1.29 is 45.6 Å². The van der Waals surface area contributed by atoms with Gasteiger partial charge in [-0.3, -0.25) is 24.2 Å². The molecule has 0 spiro atoms. The number of nitrogens with zero attached hydrogens (tertiary/aromatic N) is 5. The fraction of sp³-hybridized carbons (Fsp3) is 0.235. The van der Waals surface area contributed by atoms with E-state index in [1.807, 2.05) is 45.7 Å². The lowest BCUT2D eigenvalue weighted by Crippen LogP contribution is -2.42. The Hall–Kier alpha value is -6.90. The second-order valence-electron chi connectivity index (χ2n) is 18.1. The number of nitrogens with one attached hydrogen (secondary N) is 5. The van der Waals surface area contributed by atoms with Gasteiger partial charge in [-0.1, -0.05) is 40.9 Å². The summed E-state index contributed by atoms with van der Waals surface area (Å²) in [5.41, 5.74) is 5.11. The number of halogens is 3. The van der Waals surface area contributed by atoms with Crippen molar-refractivity contribution in [2.45, 2.75) is 41.0 Å². The maximum atomic E-state index is 13.2. The number of imide groups is 2. The number of thiophene rings is 2. The number of sulfonamides is 2. The fourth-order valence-corrected chi connectivity index (χ4v) is 14.3. The van der Waals surface area contributed by atoms with E-state index < -0.39 is 43.9 Å². The highest BCUT2D eigenvalue weighted by Crippen LogP contribution is 2.35. The molecule has 4 aromatic carbocycles. The van der Waals surface area contributed by atoms with E-state index >= 15 is 0 Å². The normalized spacial score (nSPS) is 15.6. The highest BCUT2D eigenvalue weighted by molar-refractivity contribution is 7.92. The zero-order valence-corrected chi connectivity index (χ0v) is 46.9. The number of rotatable bonds is 13. The number of aryl methyl sites for hydroxylation is 1. The Morgan fingerprint density at radius 3 is 1.62 bits per heavy atom. The smallest absolute Gasteiger partial charge is 0.333 e. The van der Waals surface area contributed by atoms with Crippen LogP contribution in [0, 0.1) is 6.92 Å². The number of amidine groups is 1. The van der Waals surface area contributed by atoms with Crippen LogP contribution in [0.3, 0.4) is 0 Å². The number of hydrogen-bond donors (Lipinski definition) is 5. The predicted molar refractivity (Wildman–Crippen MR) is 302 cm³/mol. The molecule has 78 heavy (non-hydrogen) atoms. The van der Waals surface area contributed by atoms with E-state index in [0.717, 1.165) is 88.3 Å². The number of anilines is 5. The van der Waals surface area contributed by atoms with E-state index in [1.54, 1.807) is 19.1 Å². The molecule has 0 bridgehead atoms. The van der Waals surface area contributed by atoms with Crippen molar-refractivity contribution in [2.24, 2.45) is 4.99 Å². The molecule has 20 nitrogen and oxygen atoms in total. The van der Waals surface area contributed by atoms with Gasteiger partial charge in [0, 0.05) is 65.3 Å². The number of carbonyl (C=O) groups excluding carboxylic acids is 6. The second-order valence-corrected chi connectivity index (χ2v) is 25.7. The first-order chi connectivity index (χ1) is 37.1. The van der Waals surface area contributed by atoms with Crippen molar-refractivity contribution in [1.82, 2.24) is 19.2 Å². The van der Waals surface area contributed by atoms with Crippen molar-refractivity contribution in [1.29, 1.82) is 0 Å². The van der Waals surface area contributed by atoms with Gasteiger partial charge < -0.3 is 25.8 Å². The largest absolute Gasteiger partial charge is 0.384 e. The summed E-state index contributed by atoms with van der Waals surface area (Å²) in [6.07, 6.45) is 2.60. The molecule has 6 heterocycles. The third-order valence-electron chi connectivity index (χ3n) is 12.7. The van der Waals surface area contributed by atoms with Crippen LogP contribution < -0.4 is 35.2 Å². The molecule has 4 aliphatic rings. The lowest BCUT2D eigenvalue weighted by Gasteiger charge is -2.27. The molecule has 406 valence electrons. The highest BCUT2D eigenvalue weighted by Gasteiger charge is 2.35. The third-order valence-corrected chi connectivity index (χ3v) is 19.8.